The third kappa shape index (κ3) is 18.6. The van der Waals surface area contributed by atoms with Crippen LogP contribution in [0.4, 0.5) is 0 Å². The number of aryl methyl sites for hydroxylation is 1. The Morgan fingerprint density at radius 3 is 0.938 bits per heavy atom. The number of carbonyl (C=O) groups is 5. The predicted octanol–water partition coefficient (Wildman–Crippen LogP) is 22.2. The van der Waals surface area contributed by atoms with Gasteiger partial charge in [-0.25, -0.2) is 0 Å². The first-order valence-corrected chi connectivity index (χ1v) is 46.4. The molecule has 0 saturated heterocycles. The van der Waals surface area contributed by atoms with Crippen molar-refractivity contribution in [1.29, 1.82) is 0 Å². The number of aromatic amines is 5. The van der Waals surface area contributed by atoms with Crippen molar-refractivity contribution >= 4 is 139 Å². The minimum Gasteiger partial charge on any atom is -0.497 e. The summed E-state index contributed by atoms with van der Waals surface area (Å²) in [5.74, 6) is 8.00. The van der Waals surface area contributed by atoms with E-state index in [0.717, 1.165) is 107 Å². The lowest BCUT2D eigenvalue weighted by Gasteiger charge is -2.11. The van der Waals surface area contributed by atoms with Gasteiger partial charge in [-0.05, 0) is 202 Å². The number of hydrogen-bond donors (Lipinski definition) is 10. The number of nitrogens with one attached hydrogen (secondary N) is 10. The number of benzene rings is 11. The first-order chi connectivity index (χ1) is 70.5. The van der Waals surface area contributed by atoms with Crippen LogP contribution in [0, 0.1) is 12.8 Å². The summed E-state index contributed by atoms with van der Waals surface area (Å²) in [5, 5.41) is 60.1. The molecule has 10 N–H and O–H groups in total. The summed E-state index contributed by atoms with van der Waals surface area (Å²) in [6.07, 6.45) is 6.01. The Balaban J connectivity index is 0.000000106. The smallest absolute Gasteiger partial charge is 0.255 e. The van der Waals surface area contributed by atoms with Crippen LogP contribution in [0.1, 0.15) is 100 Å². The fourth-order valence-electron chi connectivity index (χ4n) is 17.5. The lowest BCUT2D eigenvalue weighted by molar-refractivity contribution is 0.0937. The highest BCUT2D eigenvalue weighted by molar-refractivity contribution is 6.13. The Hall–Kier alpha value is -18.8. The van der Waals surface area contributed by atoms with Crippen molar-refractivity contribution in [3.8, 4) is 91.8 Å². The number of aromatic nitrogens is 10. The van der Waals surface area contributed by atoms with Crippen molar-refractivity contribution in [3.63, 3.8) is 0 Å². The van der Waals surface area contributed by atoms with Crippen LogP contribution in [0.3, 0.4) is 0 Å². The molecule has 33 heteroatoms. The number of methoxy groups -OCH3 is 6. The van der Waals surface area contributed by atoms with Gasteiger partial charge in [0, 0.05) is 46.1 Å². The van der Waals surface area contributed by atoms with E-state index < -0.39 is 0 Å². The number of H-pyrrole nitrogens is 5. The van der Waals surface area contributed by atoms with Crippen molar-refractivity contribution < 1.29 is 83.3 Å². The third-order valence-corrected chi connectivity index (χ3v) is 24.9. The standard InChI is InChI=1S/C25H21N3O4.C23H19N3O4.C22H17N3O4.C21H19N3O3.C20H17N3O3/c1-30-17-8-5-6-15(12-17)14-26-25(29)18-10-11-19-22(24(18)31-2)23(28-27-19)21-13-16-7-3-4-9-20(16)32-21;1-13-7-8-15(29-13)12-24-23(27)16-9-10-17-20(22(16)28-2)21(26-25-17)19-11-14-5-3-4-6-18(14)30-19;1-27-21-15(22(26)23-12-14-6-4-10-28-14)8-9-16-19(21)20(25-24-16)18-11-13-5-2-3-7-17(13)29-18;1-26-20-14(21(25)22-11-12-6-7-12)8-9-15-18(20)19(24-23-15)17-10-13-4-2-3-5-16(13)27-17;1-25-19-13(20(24)21-12-6-7-12)8-9-14-17(19)18(23-22-14)16-10-11-4-2-3-5-15(11)26-16/h3-13H,14H2,1-2H3,(H,26,29)(H,27,28);3-11H,12H2,1-2H3,(H,24,27)(H,25,26);2-11H,12H2,1H3,(H,23,26)(H,24,25);2-5,8-10,12H,6-7,11H2,1H3,(H,22,25)(H,23,24);2-5,8-10,12H,6-7H2,1H3,(H,21,24)(H,22,23). The highest BCUT2D eigenvalue weighted by Crippen LogP contribution is 2.46. The maximum absolute atomic E-state index is 13.0. The molecule has 12 heterocycles. The number of hydrogen-bond acceptors (Lipinski definition) is 23. The zero-order valence-corrected chi connectivity index (χ0v) is 78.8. The summed E-state index contributed by atoms with van der Waals surface area (Å²) in [5.41, 5.74) is 14.0. The second-order valence-corrected chi connectivity index (χ2v) is 34.3. The van der Waals surface area contributed by atoms with Crippen LogP contribution in [0.15, 0.2) is 298 Å². The monoisotopic (exact) mass is 1920 g/mol. The van der Waals surface area contributed by atoms with Gasteiger partial charge in [0.1, 0.15) is 108 Å². The Labute approximate surface area is 818 Å². The molecule has 25 rings (SSSR count). The van der Waals surface area contributed by atoms with Crippen molar-refractivity contribution in [2.24, 2.45) is 5.92 Å². The van der Waals surface area contributed by atoms with Crippen LogP contribution in [0.25, 0.3) is 167 Å². The van der Waals surface area contributed by atoms with E-state index in [0.29, 0.717) is 177 Å². The van der Waals surface area contributed by atoms with Crippen LogP contribution >= 0.6 is 0 Å². The van der Waals surface area contributed by atoms with Crippen molar-refractivity contribution in [2.75, 3.05) is 49.2 Å². The number of fused-ring (bicyclic) bond motifs is 10. The molecule has 0 unspecified atom stereocenters. The quantitative estimate of drug-likeness (QED) is 0.0254. The normalized spacial score (nSPS) is 12.2. The maximum Gasteiger partial charge on any atom is 0.255 e. The Bertz CT molecular complexity index is 8580. The summed E-state index contributed by atoms with van der Waals surface area (Å²) in [7, 11) is 9.37. The topological polar surface area (TPSA) is 436 Å². The van der Waals surface area contributed by atoms with Gasteiger partial charge in [0.15, 0.2) is 28.8 Å². The minimum atomic E-state index is -0.267. The van der Waals surface area contributed by atoms with Gasteiger partial charge >= 0.3 is 0 Å². The summed E-state index contributed by atoms with van der Waals surface area (Å²) < 4.78 is 74.2. The lowest BCUT2D eigenvalue weighted by Crippen LogP contribution is -2.26. The molecule has 0 atom stereocenters. The number of rotatable bonds is 25. The van der Waals surface area contributed by atoms with Crippen molar-refractivity contribution in [1.82, 2.24) is 77.6 Å². The molecule has 0 spiro atoms. The zero-order valence-electron chi connectivity index (χ0n) is 78.8. The number of amides is 5. The number of ether oxygens (including phenoxy) is 6. The molecule has 0 radical (unpaired) electrons. The van der Waals surface area contributed by atoms with E-state index in [-0.39, 0.29) is 48.7 Å². The van der Waals surface area contributed by atoms with Gasteiger partial charge in [-0.3, -0.25) is 49.5 Å². The second kappa shape index (κ2) is 39.9. The average molecular weight is 1930 g/mol. The van der Waals surface area contributed by atoms with Gasteiger partial charge < -0.3 is 85.9 Å². The summed E-state index contributed by atoms with van der Waals surface area (Å²) >= 11 is 0. The van der Waals surface area contributed by atoms with E-state index in [9.17, 15) is 24.0 Å². The maximum atomic E-state index is 13.0. The molecule has 23 aromatic rings. The highest BCUT2D eigenvalue weighted by Gasteiger charge is 2.32. The highest BCUT2D eigenvalue weighted by atomic mass is 16.5. The molecule has 2 saturated carbocycles. The molecule has 0 bridgehead atoms. The number of furan rings is 7. The minimum absolute atomic E-state index is 0.122. The van der Waals surface area contributed by atoms with Crippen LogP contribution in [-0.2, 0) is 19.6 Å². The van der Waals surface area contributed by atoms with Gasteiger partial charge in [-0.1, -0.05) is 103 Å². The zero-order chi connectivity index (χ0) is 98.6. The molecule has 12 aromatic heterocycles. The second-order valence-electron chi connectivity index (χ2n) is 34.3. The molecule has 2 aliphatic carbocycles. The average Bonchev–Trinajstić information content (AvgIpc) is 1.64. The number of para-hydroxylation sites is 5. The molecular formula is C111H93N15O18. The fourth-order valence-corrected chi connectivity index (χ4v) is 17.5. The molecule has 11 aromatic carbocycles. The molecule has 33 nitrogen and oxygen atoms in total. The number of nitrogens with zero attached hydrogens (tertiary/aromatic N) is 5. The molecular weight excluding hydrogens is 1830 g/mol. The van der Waals surface area contributed by atoms with Crippen LogP contribution in [0.2, 0.25) is 0 Å². The van der Waals surface area contributed by atoms with Gasteiger partial charge in [-0.2, -0.15) is 25.5 Å². The summed E-state index contributed by atoms with van der Waals surface area (Å²) in [6, 6.07) is 81.4. The van der Waals surface area contributed by atoms with E-state index in [1.54, 1.807) is 95.4 Å². The molecule has 2 aliphatic rings. The van der Waals surface area contributed by atoms with Crippen molar-refractivity contribution in [2.45, 2.75) is 58.3 Å². The van der Waals surface area contributed by atoms with E-state index in [1.807, 2.05) is 207 Å². The largest absolute Gasteiger partial charge is 0.497 e. The van der Waals surface area contributed by atoms with Crippen molar-refractivity contribution in [3.05, 3.63) is 318 Å². The molecule has 5 amide bonds. The molecule has 2 fully saturated rings. The van der Waals surface area contributed by atoms with Crippen LogP contribution in [-0.4, -0.2) is 136 Å². The Morgan fingerprint density at radius 2 is 0.639 bits per heavy atom. The van der Waals surface area contributed by atoms with E-state index >= 15 is 0 Å². The van der Waals surface area contributed by atoms with Gasteiger partial charge in [0.2, 0.25) is 0 Å². The summed E-state index contributed by atoms with van der Waals surface area (Å²) in [6.45, 7) is 3.51. The van der Waals surface area contributed by atoms with Gasteiger partial charge in [0.25, 0.3) is 29.5 Å². The van der Waals surface area contributed by atoms with E-state index in [1.165, 1.54) is 27.1 Å². The first kappa shape index (κ1) is 91.6. The number of carbonyl (C=O) groups excluding carboxylic acids is 5. The van der Waals surface area contributed by atoms with Crippen LogP contribution in [0.5, 0.6) is 34.5 Å². The molecule has 720 valence electrons. The van der Waals surface area contributed by atoms with Gasteiger partial charge in [0.05, 0.1) is 144 Å². The Kier molecular flexibility index (Phi) is 25.4. The van der Waals surface area contributed by atoms with E-state index in [2.05, 4.69) is 77.6 Å². The molecule has 0 aliphatic heterocycles. The fraction of sp³-hybridized carbons (Fsp3) is 0.153. The Morgan fingerprint density at radius 1 is 0.312 bits per heavy atom. The SMILES string of the molecule is COc1c(C(=O)NC2CC2)ccc2n[nH]c(-c3cc4ccccc4o3)c12.COc1c(C(=O)NCC2CC2)ccc2n[nH]c(-c3cc4ccccc4o3)c12.COc1c(C(=O)NCc2ccc(C)o2)ccc2n[nH]c(-c3cc4ccccc4o3)c12.COc1c(C(=O)NCc2ccco2)ccc2n[nH]c(-c3cc4ccccc4o3)c12.COc1cccc(CNC(=O)c2ccc3n[nH]c(-c4cc5ccccc5o4)c3c2OC)c1. The summed E-state index contributed by atoms with van der Waals surface area (Å²) in [4.78, 5) is 63.9. The van der Waals surface area contributed by atoms with Gasteiger partial charge in [-0.15, -0.1) is 0 Å². The first-order valence-electron chi connectivity index (χ1n) is 46.4. The lowest BCUT2D eigenvalue weighted by atomic mass is 10.1. The predicted molar refractivity (Wildman–Crippen MR) is 543 cm³/mol. The van der Waals surface area contributed by atoms with Crippen LogP contribution < -0.4 is 55.0 Å². The molecule has 144 heavy (non-hydrogen) atoms. The third-order valence-electron chi connectivity index (χ3n) is 24.9. The van der Waals surface area contributed by atoms with E-state index in [4.69, 9.17) is 59.3 Å².